The fraction of sp³-hybridized carbons (Fsp3) is 0.583. The number of aromatic nitrogens is 1. The van der Waals surface area contributed by atoms with Crippen LogP contribution in [0, 0.1) is 0 Å². The average Bonchev–Trinajstić information content (AvgIpc) is 2.28. The molecular formula is C12H17BrN2O2. The van der Waals surface area contributed by atoms with Gasteiger partial charge >= 0.3 is 0 Å². The second-order valence-corrected chi connectivity index (χ2v) is 5.01. The number of methoxy groups -OCH3 is 1. The van der Waals surface area contributed by atoms with Crippen LogP contribution in [0.2, 0.25) is 0 Å². The second-order valence-electron chi connectivity index (χ2n) is 4.10. The molecule has 0 spiro atoms. The molecule has 3 atom stereocenters. The molecule has 1 saturated carbocycles. The highest BCUT2D eigenvalue weighted by Gasteiger charge is 2.42. The molecule has 0 saturated heterocycles. The van der Waals surface area contributed by atoms with Crippen LogP contribution in [0.25, 0.3) is 0 Å². The van der Waals surface area contributed by atoms with Crippen LogP contribution in [0.4, 0.5) is 0 Å². The summed E-state index contributed by atoms with van der Waals surface area (Å²) in [5, 5.41) is 3.38. The predicted octanol–water partition coefficient (Wildman–Crippen LogP) is 1.99. The number of hydrogen-bond acceptors (Lipinski definition) is 4. The molecular weight excluding hydrogens is 284 g/mol. The van der Waals surface area contributed by atoms with Gasteiger partial charge < -0.3 is 14.8 Å². The van der Waals surface area contributed by atoms with Crippen molar-refractivity contribution in [3.8, 4) is 5.75 Å². The Hall–Kier alpha value is -0.650. The lowest BCUT2D eigenvalue weighted by molar-refractivity contribution is -0.0885. The number of nitrogens with one attached hydrogen (secondary N) is 1. The van der Waals surface area contributed by atoms with E-state index in [0.29, 0.717) is 6.04 Å². The molecule has 1 aliphatic rings. The fourth-order valence-electron chi connectivity index (χ4n) is 2.11. The van der Waals surface area contributed by atoms with Gasteiger partial charge in [0.25, 0.3) is 0 Å². The zero-order valence-corrected chi connectivity index (χ0v) is 11.6. The Morgan fingerprint density at radius 2 is 2.35 bits per heavy atom. The molecule has 0 radical (unpaired) electrons. The number of hydrogen-bond donors (Lipinski definition) is 1. The molecule has 0 aliphatic heterocycles. The normalized spacial score (nSPS) is 27.6. The summed E-state index contributed by atoms with van der Waals surface area (Å²) in [7, 11) is 1.73. The van der Waals surface area contributed by atoms with E-state index in [1.165, 1.54) is 0 Å². The fourth-order valence-corrected chi connectivity index (χ4v) is 2.45. The standard InChI is InChI=1S/C12H17BrN2O2/c1-3-15-10-5-11(12(10)16-2)17-9-4-8(13)6-14-7-9/h4,6-7,10-12,15H,3,5H2,1-2H3. The molecule has 0 aromatic carbocycles. The van der Waals surface area contributed by atoms with E-state index in [9.17, 15) is 0 Å². The van der Waals surface area contributed by atoms with E-state index in [2.05, 4.69) is 33.2 Å². The third-order valence-electron chi connectivity index (χ3n) is 2.95. The maximum absolute atomic E-state index is 5.85. The van der Waals surface area contributed by atoms with Crippen LogP contribution >= 0.6 is 15.9 Å². The van der Waals surface area contributed by atoms with Crippen molar-refractivity contribution in [3.05, 3.63) is 22.9 Å². The van der Waals surface area contributed by atoms with Gasteiger partial charge in [0.05, 0.1) is 6.20 Å². The zero-order chi connectivity index (χ0) is 12.3. The van der Waals surface area contributed by atoms with Crippen molar-refractivity contribution in [2.45, 2.75) is 31.6 Å². The minimum atomic E-state index is 0.111. The summed E-state index contributed by atoms with van der Waals surface area (Å²) in [5.41, 5.74) is 0. The van der Waals surface area contributed by atoms with Gasteiger partial charge in [-0.05, 0) is 28.5 Å². The van der Waals surface area contributed by atoms with Crippen LogP contribution in [0.5, 0.6) is 5.75 Å². The summed E-state index contributed by atoms with van der Waals surface area (Å²) in [4.78, 5) is 4.07. The van der Waals surface area contributed by atoms with Gasteiger partial charge in [-0.25, -0.2) is 0 Å². The van der Waals surface area contributed by atoms with Gasteiger partial charge in [-0.15, -0.1) is 0 Å². The highest BCUT2D eigenvalue weighted by Crippen LogP contribution is 2.29. The third kappa shape index (κ3) is 2.97. The lowest BCUT2D eigenvalue weighted by atomic mass is 9.85. The van der Waals surface area contributed by atoms with E-state index < -0.39 is 0 Å². The largest absolute Gasteiger partial charge is 0.486 e. The van der Waals surface area contributed by atoms with Crippen LogP contribution in [-0.4, -0.2) is 36.9 Å². The van der Waals surface area contributed by atoms with Gasteiger partial charge in [0.2, 0.25) is 0 Å². The quantitative estimate of drug-likeness (QED) is 0.903. The highest BCUT2D eigenvalue weighted by atomic mass is 79.9. The van der Waals surface area contributed by atoms with Crippen molar-refractivity contribution in [1.29, 1.82) is 0 Å². The molecule has 1 fully saturated rings. The van der Waals surface area contributed by atoms with Crippen molar-refractivity contribution < 1.29 is 9.47 Å². The SMILES string of the molecule is CCNC1CC(Oc2cncc(Br)c2)C1OC. The molecule has 0 amide bonds. The highest BCUT2D eigenvalue weighted by molar-refractivity contribution is 9.10. The number of ether oxygens (including phenoxy) is 2. The van der Waals surface area contributed by atoms with Crippen molar-refractivity contribution in [2.24, 2.45) is 0 Å². The average molecular weight is 301 g/mol. The van der Waals surface area contributed by atoms with Crippen LogP contribution < -0.4 is 10.1 Å². The summed E-state index contributed by atoms with van der Waals surface area (Å²) in [5.74, 6) is 0.779. The first-order chi connectivity index (χ1) is 8.24. The first-order valence-electron chi connectivity index (χ1n) is 5.78. The molecule has 5 heteroatoms. The smallest absolute Gasteiger partial charge is 0.139 e. The zero-order valence-electron chi connectivity index (χ0n) is 10.0. The van der Waals surface area contributed by atoms with Crippen molar-refractivity contribution in [2.75, 3.05) is 13.7 Å². The molecule has 2 rings (SSSR count). The van der Waals surface area contributed by atoms with Gasteiger partial charge in [0, 0.05) is 30.2 Å². The molecule has 1 heterocycles. The van der Waals surface area contributed by atoms with Crippen LogP contribution in [-0.2, 0) is 4.74 Å². The van der Waals surface area contributed by atoms with Crippen molar-refractivity contribution in [3.63, 3.8) is 0 Å². The van der Waals surface area contributed by atoms with Crippen molar-refractivity contribution in [1.82, 2.24) is 10.3 Å². The number of pyridine rings is 1. The van der Waals surface area contributed by atoms with E-state index in [1.807, 2.05) is 6.07 Å². The molecule has 0 bridgehead atoms. The minimum Gasteiger partial charge on any atom is -0.486 e. The Kier molecular flexibility index (Phi) is 4.36. The Balaban J connectivity index is 1.92. The predicted molar refractivity (Wildman–Crippen MR) is 69.2 cm³/mol. The van der Waals surface area contributed by atoms with Crippen molar-refractivity contribution >= 4 is 15.9 Å². The van der Waals surface area contributed by atoms with Crippen LogP contribution in [0.3, 0.4) is 0 Å². The van der Waals surface area contributed by atoms with E-state index in [-0.39, 0.29) is 12.2 Å². The minimum absolute atomic E-state index is 0.111. The van der Waals surface area contributed by atoms with Gasteiger partial charge in [-0.3, -0.25) is 4.98 Å². The lowest BCUT2D eigenvalue weighted by Crippen LogP contribution is -2.60. The molecule has 1 aliphatic carbocycles. The molecule has 1 N–H and O–H groups in total. The van der Waals surface area contributed by atoms with Crippen LogP contribution in [0.15, 0.2) is 22.9 Å². The van der Waals surface area contributed by atoms with Gasteiger partial charge in [-0.1, -0.05) is 6.92 Å². The van der Waals surface area contributed by atoms with Gasteiger partial charge in [0.1, 0.15) is 18.0 Å². The first-order valence-corrected chi connectivity index (χ1v) is 6.57. The number of nitrogens with zero attached hydrogens (tertiary/aromatic N) is 1. The lowest BCUT2D eigenvalue weighted by Gasteiger charge is -2.43. The Morgan fingerprint density at radius 1 is 1.53 bits per heavy atom. The van der Waals surface area contributed by atoms with Gasteiger partial charge in [0.15, 0.2) is 0 Å². The van der Waals surface area contributed by atoms with E-state index in [0.717, 1.165) is 23.2 Å². The maximum Gasteiger partial charge on any atom is 0.139 e. The molecule has 3 unspecified atom stereocenters. The van der Waals surface area contributed by atoms with Crippen LogP contribution in [0.1, 0.15) is 13.3 Å². The summed E-state index contributed by atoms with van der Waals surface area (Å²) in [6, 6.07) is 2.32. The Labute approximate surface area is 110 Å². The number of rotatable bonds is 5. The molecule has 4 nitrogen and oxygen atoms in total. The topological polar surface area (TPSA) is 43.4 Å². The maximum atomic E-state index is 5.85. The van der Waals surface area contributed by atoms with E-state index in [1.54, 1.807) is 19.5 Å². The first kappa shape index (κ1) is 12.8. The van der Waals surface area contributed by atoms with E-state index in [4.69, 9.17) is 9.47 Å². The van der Waals surface area contributed by atoms with Gasteiger partial charge in [-0.2, -0.15) is 0 Å². The Bertz CT molecular complexity index is 375. The third-order valence-corrected chi connectivity index (χ3v) is 3.39. The Morgan fingerprint density at radius 3 is 3.00 bits per heavy atom. The molecule has 1 aromatic rings. The summed E-state index contributed by atoms with van der Waals surface area (Å²) < 4.78 is 12.2. The number of halogens is 1. The monoisotopic (exact) mass is 300 g/mol. The molecule has 17 heavy (non-hydrogen) atoms. The molecule has 94 valence electrons. The summed E-state index contributed by atoms with van der Waals surface area (Å²) >= 11 is 3.37. The van der Waals surface area contributed by atoms with E-state index >= 15 is 0 Å². The second kappa shape index (κ2) is 5.80. The number of likely N-dealkylation sites (N-methyl/N-ethyl adjacent to an activating group) is 1. The molecule has 1 aromatic heterocycles. The summed E-state index contributed by atoms with van der Waals surface area (Å²) in [6.45, 7) is 3.05. The summed E-state index contributed by atoms with van der Waals surface area (Å²) in [6.07, 6.45) is 4.66.